The molecule has 2 amide bonds. The molecule has 0 saturated heterocycles. The van der Waals surface area contributed by atoms with Crippen LogP contribution < -0.4 is 26.7 Å². The Bertz CT molecular complexity index is 3030. The number of phenolic OH excluding ortho intramolecular Hbond substituents is 1. The third-order valence-electron chi connectivity index (χ3n) is 10.7. The van der Waals surface area contributed by atoms with Gasteiger partial charge in [-0.2, -0.15) is 0 Å². The van der Waals surface area contributed by atoms with Crippen LogP contribution in [0.1, 0.15) is 56.0 Å². The lowest BCUT2D eigenvalue weighted by atomic mass is 10.0. The summed E-state index contributed by atoms with van der Waals surface area (Å²) >= 11 is 0. The number of nitrogens with two attached hydrogens (primary N) is 1. The number of aliphatic hydroxyl groups excluding tert-OH is 1. The highest BCUT2D eigenvalue weighted by molar-refractivity contribution is 7.91. The molecule has 0 aliphatic carbocycles. The van der Waals surface area contributed by atoms with Crippen LogP contribution in [-0.4, -0.2) is 72.1 Å². The number of H-pyrrole nitrogens is 1. The second-order valence-corrected chi connectivity index (χ2v) is 17.2. The lowest BCUT2D eigenvalue weighted by molar-refractivity contribution is 0.0784. The number of sulfone groups is 1. The standard InChI is InChI=1S/C47H46N6O8S/c1-27-18-35(23-38-43(27)50-24-39(46(48)57)44(38)51-32-11-7-12-33(22-32)61-4)62(59,60)34-13-6-9-30(21-34)26-53(3)47(58)31-10-5-8-29(20-31)19-28(2)49-25-41(55)36-14-16-40(54)45-37(36)15-17-42(56)52-45/h5-18,20-24,28,41,49,54-55H,19,25-26H2,1-4H3,(H2,48,57)(H,50,51)(H,52,56)/t28?,41-/m0/s1. The predicted molar refractivity (Wildman–Crippen MR) is 238 cm³/mol. The van der Waals surface area contributed by atoms with Crippen LogP contribution in [0.3, 0.4) is 0 Å². The van der Waals surface area contributed by atoms with E-state index in [2.05, 4.69) is 20.6 Å². The highest BCUT2D eigenvalue weighted by atomic mass is 32.2. The van der Waals surface area contributed by atoms with E-state index in [-0.39, 0.29) is 57.2 Å². The van der Waals surface area contributed by atoms with Crippen molar-refractivity contribution in [1.29, 1.82) is 0 Å². The number of fused-ring (bicyclic) bond motifs is 2. The minimum atomic E-state index is -4.11. The lowest BCUT2D eigenvalue weighted by Crippen LogP contribution is -2.32. The van der Waals surface area contributed by atoms with Gasteiger partial charge < -0.3 is 41.2 Å². The van der Waals surface area contributed by atoms with Crippen LogP contribution in [0.2, 0.25) is 0 Å². The smallest absolute Gasteiger partial charge is 0.253 e. The van der Waals surface area contributed by atoms with Crippen LogP contribution in [0, 0.1) is 6.92 Å². The minimum absolute atomic E-state index is 0.0114. The van der Waals surface area contributed by atoms with Crippen LogP contribution in [0.15, 0.2) is 130 Å². The third-order valence-corrected chi connectivity index (χ3v) is 12.4. The fourth-order valence-corrected chi connectivity index (χ4v) is 8.95. The molecule has 5 aromatic carbocycles. The van der Waals surface area contributed by atoms with Gasteiger partial charge in [-0.25, -0.2) is 8.42 Å². The van der Waals surface area contributed by atoms with E-state index in [9.17, 15) is 33.0 Å². The molecule has 0 radical (unpaired) electrons. The molecular weight excluding hydrogens is 809 g/mol. The number of aromatic nitrogens is 2. The van der Waals surface area contributed by atoms with E-state index in [4.69, 9.17) is 10.5 Å². The van der Waals surface area contributed by atoms with Gasteiger partial charge in [0.05, 0.1) is 45.3 Å². The summed E-state index contributed by atoms with van der Waals surface area (Å²) in [6.45, 7) is 4.04. The summed E-state index contributed by atoms with van der Waals surface area (Å²) in [4.78, 5) is 46.7. The van der Waals surface area contributed by atoms with E-state index in [1.807, 2.05) is 19.1 Å². The van der Waals surface area contributed by atoms with E-state index in [1.165, 1.54) is 42.5 Å². The third kappa shape index (κ3) is 9.15. The van der Waals surface area contributed by atoms with E-state index in [1.54, 1.807) is 86.8 Å². The average Bonchev–Trinajstić information content (AvgIpc) is 3.25. The van der Waals surface area contributed by atoms with Crippen molar-refractivity contribution in [2.45, 2.75) is 48.7 Å². The number of carbonyl (C=O) groups excluding carboxylic acids is 2. The number of aromatic amines is 1. The lowest BCUT2D eigenvalue weighted by Gasteiger charge is -2.20. The number of benzene rings is 5. The van der Waals surface area contributed by atoms with E-state index >= 15 is 0 Å². The molecule has 0 aliphatic heterocycles. The minimum Gasteiger partial charge on any atom is -0.506 e. The number of aromatic hydroxyl groups is 1. The van der Waals surface area contributed by atoms with Crippen LogP contribution >= 0.6 is 0 Å². The molecular formula is C47H46N6O8S. The second kappa shape index (κ2) is 17.9. The Balaban J connectivity index is 1.05. The number of nitrogens with one attached hydrogen (secondary N) is 3. The van der Waals surface area contributed by atoms with Crippen molar-refractivity contribution >= 4 is 54.8 Å². The van der Waals surface area contributed by atoms with Crippen LogP contribution in [-0.2, 0) is 22.8 Å². The number of carbonyl (C=O) groups is 2. The molecule has 7 rings (SSSR count). The molecule has 2 aromatic heterocycles. The van der Waals surface area contributed by atoms with E-state index in [0.717, 1.165) is 5.56 Å². The van der Waals surface area contributed by atoms with Gasteiger partial charge in [-0.15, -0.1) is 0 Å². The Labute approximate surface area is 357 Å². The fraction of sp³-hybridized carbons (Fsp3) is 0.191. The zero-order chi connectivity index (χ0) is 44.3. The maximum atomic E-state index is 14.3. The number of anilines is 2. The number of methoxy groups -OCH3 is 1. The summed E-state index contributed by atoms with van der Waals surface area (Å²) in [5.74, 6) is -0.507. The van der Waals surface area contributed by atoms with Crippen molar-refractivity contribution in [3.8, 4) is 11.5 Å². The molecule has 62 heavy (non-hydrogen) atoms. The van der Waals surface area contributed by atoms with Crippen molar-refractivity contribution in [3.63, 3.8) is 0 Å². The molecule has 15 heteroatoms. The number of pyridine rings is 2. The average molecular weight is 855 g/mol. The number of hydrogen-bond acceptors (Lipinski definition) is 11. The topological polar surface area (TPSA) is 217 Å². The zero-order valence-electron chi connectivity index (χ0n) is 34.5. The van der Waals surface area contributed by atoms with Gasteiger partial charge in [0.1, 0.15) is 11.5 Å². The number of nitrogens with zero attached hydrogens (tertiary/aromatic N) is 2. The molecule has 0 spiro atoms. The number of rotatable bonds is 15. The first-order chi connectivity index (χ1) is 29.6. The number of aliphatic hydroxyl groups is 1. The summed E-state index contributed by atoms with van der Waals surface area (Å²) in [6, 6.07) is 29.7. The first-order valence-corrected chi connectivity index (χ1v) is 21.2. The monoisotopic (exact) mass is 854 g/mol. The quantitative estimate of drug-likeness (QED) is 0.0673. The Hall–Kier alpha value is -7.07. The number of phenols is 1. The first-order valence-electron chi connectivity index (χ1n) is 19.7. The predicted octanol–water partition coefficient (Wildman–Crippen LogP) is 6.30. The SMILES string of the molecule is COc1cccc(Nc2c(C(N)=O)cnc3c(C)cc(S(=O)(=O)c4cccc(CN(C)C(=O)c5cccc(CC(C)NC[C@H](O)c6ccc(O)c7[nH]c(=O)ccc67)c5)c4)cc23)c1. The molecule has 0 aliphatic rings. The van der Waals surface area contributed by atoms with Gasteiger partial charge in [0.25, 0.3) is 11.8 Å². The Morgan fingerprint density at radius 2 is 1.68 bits per heavy atom. The number of amides is 2. The maximum absolute atomic E-state index is 14.3. The van der Waals surface area contributed by atoms with Crippen LogP contribution in [0.5, 0.6) is 11.5 Å². The fourth-order valence-electron chi connectivity index (χ4n) is 7.51. The number of ether oxygens (including phenoxy) is 1. The van der Waals surface area contributed by atoms with Gasteiger partial charge in [-0.1, -0.05) is 36.4 Å². The summed E-state index contributed by atoms with van der Waals surface area (Å²) in [6.07, 6.45) is 0.993. The highest BCUT2D eigenvalue weighted by Crippen LogP contribution is 2.35. The van der Waals surface area contributed by atoms with Crippen molar-refractivity contribution in [1.82, 2.24) is 20.2 Å². The summed E-state index contributed by atoms with van der Waals surface area (Å²) in [5.41, 5.74) is 10.2. The summed E-state index contributed by atoms with van der Waals surface area (Å²) in [7, 11) is -0.927. The molecule has 0 fully saturated rings. The summed E-state index contributed by atoms with van der Waals surface area (Å²) in [5, 5.41) is 28.7. The molecule has 7 N–H and O–H groups in total. The zero-order valence-corrected chi connectivity index (χ0v) is 35.3. The van der Waals surface area contributed by atoms with Crippen LogP contribution in [0.25, 0.3) is 21.8 Å². The van der Waals surface area contributed by atoms with Crippen LogP contribution in [0.4, 0.5) is 11.4 Å². The maximum Gasteiger partial charge on any atom is 0.253 e. The molecule has 318 valence electrons. The molecule has 2 atom stereocenters. The molecule has 1 unspecified atom stereocenters. The largest absolute Gasteiger partial charge is 0.506 e. The van der Waals surface area contributed by atoms with Crippen molar-refractivity contribution in [2.24, 2.45) is 5.73 Å². The van der Waals surface area contributed by atoms with Gasteiger partial charge >= 0.3 is 0 Å². The first kappa shape index (κ1) is 43.0. The van der Waals surface area contributed by atoms with Gasteiger partial charge in [-0.05, 0) is 103 Å². The molecule has 14 nitrogen and oxygen atoms in total. The van der Waals surface area contributed by atoms with Gasteiger partial charge in [0.2, 0.25) is 15.4 Å². The molecule has 2 heterocycles. The van der Waals surface area contributed by atoms with E-state index in [0.29, 0.717) is 62.1 Å². The number of primary amides is 1. The Kier molecular flexibility index (Phi) is 12.4. The molecule has 0 bridgehead atoms. The Morgan fingerprint density at radius 1 is 0.919 bits per heavy atom. The van der Waals surface area contributed by atoms with Crippen molar-refractivity contribution < 1.29 is 33.0 Å². The van der Waals surface area contributed by atoms with Gasteiger partial charge in [0, 0.05) is 66.5 Å². The normalized spacial score (nSPS) is 12.5. The molecule has 7 aromatic rings. The van der Waals surface area contributed by atoms with E-state index < -0.39 is 21.8 Å². The van der Waals surface area contributed by atoms with Crippen molar-refractivity contribution in [3.05, 3.63) is 159 Å². The molecule has 0 saturated carbocycles. The van der Waals surface area contributed by atoms with Crippen molar-refractivity contribution in [2.75, 3.05) is 26.0 Å². The number of hydrogen-bond donors (Lipinski definition) is 6. The van der Waals surface area contributed by atoms with Gasteiger partial charge in [-0.3, -0.25) is 19.4 Å². The highest BCUT2D eigenvalue weighted by Gasteiger charge is 2.24. The van der Waals surface area contributed by atoms with Gasteiger partial charge in [0.15, 0.2) is 0 Å². The second-order valence-electron chi connectivity index (χ2n) is 15.2. The number of aryl methyl sites for hydroxylation is 1. The Morgan fingerprint density at radius 3 is 2.45 bits per heavy atom. The summed E-state index contributed by atoms with van der Waals surface area (Å²) < 4.78 is 33.9.